The van der Waals surface area contributed by atoms with Crippen molar-refractivity contribution in [3.8, 4) is 33.8 Å². The molecule has 1 atom stereocenters. The quantitative estimate of drug-likeness (QED) is 0.220. The van der Waals surface area contributed by atoms with Crippen LogP contribution in [0.15, 0.2) is 115 Å². The van der Waals surface area contributed by atoms with Crippen molar-refractivity contribution in [3.63, 3.8) is 0 Å². The van der Waals surface area contributed by atoms with E-state index in [1.165, 1.54) is 22.3 Å². The molecule has 3 heteroatoms. The second-order valence-corrected chi connectivity index (χ2v) is 9.98. The van der Waals surface area contributed by atoms with E-state index in [4.69, 9.17) is 0 Å². The predicted octanol–water partition coefficient (Wildman–Crippen LogP) is 9.54. The summed E-state index contributed by atoms with van der Waals surface area (Å²) in [4.78, 5) is 2.32. The van der Waals surface area contributed by atoms with Gasteiger partial charge in [0.15, 0.2) is 11.5 Å². The number of anilines is 3. The fourth-order valence-corrected chi connectivity index (χ4v) is 5.69. The summed E-state index contributed by atoms with van der Waals surface area (Å²) in [5, 5.41) is 19.9. The number of phenolic OH excluding ortho intramolecular Hbond substituents is 2. The van der Waals surface area contributed by atoms with Crippen molar-refractivity contribution >= 4 is 17.1 Å². The van der Waals surface area contributed by atoms with E-state index in [0.29, 0.717) is 5.92 Å². The first-order chi connectivity index (χ1) is 18.6. The third-order valence-corrected chi connectivity index (χ3v) is 7.57. The molecule has 0 bridgehead atoms. The molecule has 2 N–H and O–H groups in total. The Labute approximate surface area is 224 Å². The normalized spacial score (nSPS) is 13.7. The first-order valence-electron chi connectivity index (χ1n) is 13.3. The Kier molecular flexibility index (Phi) is 6.35. The van der Waals surface area contributed by atoms with Crippen molar-refractivity contribution in [2.75, 3.05) is 4.90 Å². The maximum absolute atomic E-state index is 10.1. The maximum Gasteiger partial charge on any atom is 0.158 e. The molecule has 0 saturated carbocycles. The van der Waals surface area contributed by atoms with Crippen LogP contribution in [0.25, 0.3) is 22.3 Å². The van der Waals surface area contributed by atoms with E-state index in [1.807, 2.05) is 6.07 Å². The van der Waals surface area contributed by atoms with Crippen LogP contribution in [-0.4, -0.2) is 10.2 Å². The Balaban J connectivity index is 1.46. The third kappa shape index (κ3) is 4.31. The summed E-state index contributed by atoms with van der Waals surface area (Å²) in [6, 6.07) is 39.6. The second kappa shape index (κ2) is 10.1. The van der Waals surface area contributed by atoms with Crippen molar-refractivity contribution in [2.24, 2.45) is 0 Å². The molecule has 0 heterocycles. The second-order valence-electron chi connectivity index (χ2n) is 9.98. The predicted molar refractivity (Wildman–Crippen MR) is 157 cm³/mol. The summed E-state index contributed by atoms with van der Waals surface area (Å²) < 4.78 is 0. The lowest BCUT2D eigenvalue weighted by molar-refractivity contribution is 0.404. The average Bonchev–Trinajstić information content (AvgIpc) is 3.26. The van der Waals surface area contributed by atoms with Crippen LogP contribution in [-0.2, 0) is 0 Å². The van der Waals surface area contributed by atoms with E-state index in [2.05, 4.69) is 109 Å². The third-order valence-electron chi connectivity index (χ3n) is 7.57. The highest BCUT2D eigenvalue weighted by molar-refractivity contribution is 5.86. The lowest BCUT2D eigenvalue weighted by Gasteiger charge is -2.26. The number of hydrogen-bond acceptors (Lipinski definition) is 3. The molecule has 5 aromatic carbocycles. The highest BCUT2D eigenvalue weighted by Gasteiger charge is 2.30. The summed E-state index contributed by atoms with van der Waals surface area (Å²) in [5.74, 6) is 0.108. The summed E-state index contributed by atoms with van der Waals surface area (Å²) in [6.45, 7) is 2.25. The van der Waals surface area contributed by atoms with Crippen LogP contribution in [0, 0.1) is 0 Å². The number of unbranched alkanes of at least 4 members (excludes halogenated alkanes) is 1. The topological polar surface area (TPSA) is 43.7 Å². The van der Waals surface area contributed by atoms with Crippen molar-refractivity contribution in [3.05, 3.63) is 126 Å². The van der Waals surface area contributed by atoms with Gasteiger partial charge in [-0.1, -0.05) is 80.4 Å². The van der Waals surface area contributed by atoms with E-state index >= 15 is 0 Å². The van der Waals surface area contributed by atoms with E-state index in [9.17, 15) is 10.2 Å². The first kappa shape index (κ1) is 23.9. The molecule has 6 rings (SSSR count). The molecular weight excluding hydrogens is 466 g/mol. The first-order valence-corrected chi connectivity index (χ1v) is 13.3. The number of nitrogens with zero attached hydrogens (tertiary/aromatic N) is 1. The van der Waals surface area contributed by atoms with Gasteiger partial charge in [-0.25, -0.2) is 0 Å². The van der Waals surface area contributed by atoms with E-state index in [0.717, 1.165) is 47.5 Å². The molecule has 0 amide bonds. The van der Waals surface area contributed by atoms with Gasteiger partial charge in [0.2, 0.25) is 0 Å². The molecule has 0 radical (unpaired) electrons. The van der Waals surface area contributed by atoms with Gasteiger partial charge in [-0.05, 0) is 94.4 Å². The maximum atomic E-state index is 10.1. The van der Waals surface area contributed by atoms with E-state index < -0.39 is 0 Å². The lowest BCUT2D eigenvalue weighted by atomic mass is 9.89. The summed E-state index contributed by atoms with van der Waals surface area (Å²) in [6.07, 6.45) is 3.38. The standard InChI is InChI=1S/C35H31NO2/c1-2-3-14-29-32-21-24(25-16-20-34(37)35(38)22-25)15-18-30(32)31-19-17-28(23-33(29)31)36(26-10-6-4-7-11-26)27-12-8-5-9-13-27/h4-13,15-23,29,37-38H,2-3,14H2,1H3. The minimum absolute atomic E-state index is 0.0969. The van der Waals surface area contributed by atoms with Crippen molar-refractivity contribution in [2.45, 2.75) is 32.1 Å². The van der Waals surface area contributed by atoms with Gasteiger partial charge < -0.3 is 15.1 Å². The zero-order valence-electron chi connectivity index (χ0n) is 21.5. The molecule has 1 aliphatic rings. The molecule has 3 nitrogen and oxygen atoms in total. The van der Waals surface area contributed by atoms with Crippen LogP contribution in [0.3, 0.4) is 0 Å². The molecule has 0 aliphatic heterocycles. The van der Waals surface area contributed by atoms with Gasteiger partial charge in [-0.15, -0.1) is 0 Å². The fraction of sp³-hybridized carbons (Fsp3) is 0.143. The van der Waals surface area contributed by atoms with Crippen molar-refractivity contribution in [1.82, 2.24) is 0 Å². The Morgan fingerprint density at radius 2 is 1.16 bits per heavy atom. The summed E-state index contributed by atoms with van der Waals surface area (Å²) in [5.41, 5.74) is 10.6. The van der Waals surface area contributed by atoms with Crippen LogP contribution in [0.4, 0.5) is 17.1 Å². The molecule has 0 spiro atoms. The smallest absolute Gasteiger partial charge is 0.158 e. The summed E-state index contributed by atoms with van der Waals surface area (Å²) >= 11 is 0. The molecule has 1 aliphatic carbocycles. The zero-order chi connectivity index (χ0) is 26.1. The molecule has 1 unspecified atom stereocenters. The monoisotopic (exact) mass is 497 g/mol. The van der Waals surface area contributed by atoms with Crippen molar-refractivity contribution < 1.29 is 10.2 Å². The van der Waals surface area contributed by atoms with Gasteiger partial charge in [0, 0.05) is 23.0 Å². The Morgan fingerprint density at radius 1 is 0.579 bits per heavy atom. The minimum atomic E-state index is -0.1000. The zero-order valence-corrected chi connectivity index (χ0v) is 21.5. The molecule has 5 aromatic rings. The molecule has 0 aromatic heterocycles. The largest absolute Gasteiger partial charge is 0.504 e. The number of rotatable bonds is 7. The number of aromatic hydroxyl groups is 2. The Hall–Kier alpha value is -4.50. The van der Waals surface area contributed by atoms with Gasteiger partial charge in [-0.3, -0.25) is 0 Å². The number of benzene rings is 5. The molecule has 38 heavy (non-hydrogen) atoms. The Morgan fingerprint density at radius 3 is 1.79 bits per heavy atom. The van der Waals surface area contributed by atoms with Crippen LogP contribution in [0.2, 0.25) is 0 Å². The minimum Gasteiger partial charge on any atom is -0.504 e. The van der Waals surface area contributed by atoms with Crippen LogP contribution in [0.5, 0.6) is 11.5 Å². The molecular formula is C35H31NO2. The van der Waals surface area contributed by atoms with Gasteiger partial charge in [0.05, 0.1) is 0 Å². The molecule has 188 valence electrons. The van der Waals surface area contributed by atoms with Crippen LogP contribution < -0.4 is 4.90 Å². The lowest BCUT2D eigenvalue weighted by Crippen LogP contribution is -2.10. The van der Waals surface area contributed by atoms with Gasteiger partial charge in [0.25, 0.3) is 0 Å². The average molecular weight is 498 g/mol. The molecule has 0 saturated heterocycles. The van der Waals surface area contributed by atoms with E-state index in [-0.39, 0.29) is 11.5 Å². The SMILES string of the molecule is CCCCC1c2cc(-c3ccc(O)c(O)c3)ccc2-c2ccc(N(c3ccccc3)c3ccccc3)cc21. The highest BCUT2D eigenvalue weighted by atomic mass is 16.3. The molecule has 0 fully saturated rings. The summed E-state index contributed by atoms with van der Waals surface area (Å²) in [7, 11) is 0. The van der Waals surface area contributed by atoms with Gasteiger partial charge in [0.1, 0.15) is 0 Å². The number of hydrogen-bond donors (Lipinski definition) is 2. The highest BCUT2D eigenvalue weighted by Crippen LogP contribution is 2.50. The van der Waals surface area contributed by atoms with Crippen LogP contribution in [0.1, 0.15) is 43.2 Å². The Bertz CT molecular complexity index is 1540. The van der Waals surface area contributed by atoms with Crippen LogP contribution >= 0.6 is 0 Å². The van der Waals surface area contributed by atoms with Gasteiger partial charge in [-0.2, -0.15) is 0 Å². The van der Waals surface area contributed by atoms with Gasteiger partial charge >= 0.3 is 0 Å². The number of phenols is 2. The fourth-order valence-electron chi connectivity index (χ4n) is 5.69. The van der Waals surface area contributed by atoms with Crippen molar-refractivity contribution in [1.29, 1.82) is 0 Å². The van der Waals surface area contributed by atoms with E-state index in [1.54, 1.807) is 12.1 Å². The number of fused-ring (bicyclic) bond motifs is 3. The number of para-hydroxylation sites is 2.